The molecule has 0 amide bonds. The first-order valence-corrected chi connectivity index (χ1v) is 6.53. The summed E-state index contributed by atoms with van der Waals surface area (Å²) in [5.41, 5.74) is -0.136. The average Bonchev–Trinajstić information content (AvgIpc) is 2.31. The molecule has 3 nitrogen and oxygen atoms in total. The minimum absolute atomic E-state index is 0.136. The standard InChI is InChI=1S/C13H25NO2/c1-3-7-14(8-4-2)11-13(12-15)5-9-16-10-6-13/h12H,3-11H2,1-2H3. The molecule has 0 aliphatic carbocycles. The van der Waals surface area contributed by atoms with Crippen LogP contribution in [-0.2, 0) is 9.53 Å². The molecule has 0 radical (unpaired) electrons. The van der Waals surface area contributed by atoms with Crippen molar-refractivity contribution in [3.63, 3.8) is 0 Å². The average molecular weight is 227 g/mol. The highest BCUT2D eigenvalue weighted by Gasteiger charge is 2.33. The molecule has 0 unspecified atom stereocenters. The Balaban J connectivity index is 2.53. The van der Waals surface area contributed by atoms with E-state index in [-0.39, 0.29) is 5.41 Å². The lowest BCUT2D eigenvalue weighted by molar-refractivity contribution is -0.123. The van der Waals surface area contributed by atoms with Crippen LogP contribution in [-0.4, -0.2) is 44.0 Å². The summed E-state index contributed by atoms with van der Waals surface area (Å²) in [6, 6.07) is 0. The lowest BCUT2D eigenvalue weighted by Crippen LogP contribution is -2.43. The van der Waals surface area contributed by atoms with Crippen LogP contribution in [0.5, 0.6) is 0 Å². The fraction of sp³-hybridized carbons (Fsp3) is 0.923. The van der Waals surface area contributed by atoms with Crippen LogP contribution in [0, 0.1) is 5.41 Å². The van der Waals surface area contributed by atoms with E-state index >= 15 is 0 Å². The molecule has 1 aliphatic rings. The molecule has 1 aliphatic heterocycles. The molecule has 3 heteroatoms. The summed E-state index contributed by atoms with van der Waals surface area (Å²) < 4.78 is 5.35. The molecular weight excluding hydrogens is 202 g/mol. The van der Waals surface area contributed by atoms with Gasteiger partial charge in [-0.2, -0.15) is 0 Å². The third kappa shape index (κ3) is 3.87. The van der Waals surface area contributed by atoms with Crippen molar-refractivity contribution < 1.29 is 9.53 Å². The number of hydrogen-bond acceptors (Lipinski definition) is 3. The molecule has 0 aromatic rings. The van der Waals surface area contributed by atoms with Gasteiger partial charge in [0, 0.05) is 25.2 Å². The zero-order chi connectivity index (χ0) is 11.9. The second kappa shape index (κ2) is 7.02. The van der Waals surface area contributed by atoms with E-state index < -0.39 is 0 Å². The first-order valence-electron chi connectivity index (χ1n) is 6.53. The first kappa shape index (κ1) is 13.7. The minimum atomic E-state index is -0.136. The van der Waals surface area contributed by atoms with E-state index in [0.29, 0.717) is 0 Å². The highest BCUT2D eigenvalue weighted by Crippen LogP contribution is 2.29. The number of ether oxygens (including phenoxy) is 1. The van der Waals surface area contributed by atoms with Crippen LogP contribution in [0.25, 0.3) is 0 Å². The topological polar surface area (TPSA) is 29.5 Å². The van der Waals surface area contributed by atoms with Crippen molar-refractivity contribution in [2.24, 2.45) is 5.41 Å². The maximum absolute atomic E-state index is 11.3. The van der Waals surface area contributed by atoms with Crippen molar-refractivity contribution in [3.8, 4) is 0 Å². The molecule has 0 saturated carbocycles. The van der Waals surface area contributed by atoms with E-state index in [2.05, 4.69) is 18.7 Å². The summed E-state index contributed by atoms with van der Waals surface area (Å²) in [5, 5.41) is 0. The second-order valence-electron chi connectivity index (χ2n) is 4.87. The van der Waals surface area contributed by atoms with Gasteiger partial charge in [0.25, 0.3) is 0 Å². The molecule has 1 fully saturated rings. The maximum atomic E-state index is 11.3. The van der Waals surface area contributed by atoms with Crippen LogP contribution < -0.4 is 0 Å². The predicted octanol–water partition coefficient (Wildman–Crippen LogP) is 2.10. The normalized spacial score (nSPS) is 19.9. The molecule has 0 atom stereocenters. The lowest BCUT2D eigenvalue weighted by atomic mass is 9.81. The molecule has 0 spiro atoms. The number of nitrogens with zero attached hydrogens (tertiary/aromatic N) is 1. The second-order valence-corrected chi connectivity index (χ2v) is 4.87. The third-order valence-corrected chi connectivity index (χ3v) is 3.36. The van der Waals surface area contributed by atoms with Gasteiger partial charge in [-0.1, -0.05) is 13.8 Å². The Labute approximate surface area is 99.1 Å². The Morgan fingerprint density at radius 2 is 1.75 bits per heavy atom. The largest absolute Gasteiger partial charge is 0.381 e. The molecule has 1 heterocycles. The summed E-state index contributed by atoms with van der Waals surface area (Å²) in [6.45, 7) is 8.99. The smallest absolute Gasteiger partial charge is 0.127 e. The molecule has 1 rings (SSSR count). The molecule has 16 heavy (non-hydrogen) atoms. The SMILES string of the molecule is CCCN(CCC)CC1(C=O)CCOCC1. The van der Waals surface area contributed by atoms with Gasteiger partial charge in [0.1, 0.15) is 6.29 Å². The summed E-state index contributed by atoms with van der Waals surface area (Å²) in [7, 11) is 0. The summed E-state index contributed by atoms with van der Waals surface area (Å²) in [5.74, 6) is 0. The van der Waals surface area contributed by atoms with Crippen molar-refractivity contribution in [2.75, 3.05) is 32.8 Å². The van der Waals surface area contributed by atoms with Gasteiger partial charge in [-0.15, -0.1) is 0 Å². The summed E-state index contributed by atoms with van der Waals surface area (Å²) >= 11 is 0. The van der Waals surface area contributed by atoms with E-state index in [9.17, 15) is 4.79 Å². The van der Waals surface area contributed by atoms with Crippen LogP contribution >= 0.6 is 0 Å². The Kier molecular flexibility index (Phi) is 5.99. The van der Waals surface area contributed by atoms with Crippen LogP contribution in [0.4, 0.5) is 0 Å². The zero-order valence-corrected chi connectivity index (χ0v) is 10.7. The van der Waals surface area contributed by atoms with Crippen LogP contribution in [0.3, 0.4) is 0 Å². The Morgan fingerprint density at radius 3 is 2.19 bits per heavy atom. The summed E-state index contributed by atoms with van der Waals surface area (Å²) in [6.07, 6.45) is 5.27. The van der Waals surface area contributed by atoms with Gasteiger partial charge >= 0.3 is 0 Å². The van der Waals surface area contributed by atoms with E-state index in [0.717, 1.165) is 58.5 Å². The number of carbonyl (C=O) groups excluding carboxylic acids is 1. The lowest BCUT2D eigenvalue weighted by Gasteiger charge is -2.36. The quantitative estimate of drug-likeness (QED) is 0.624. The Bertz CT molecular complexity index is 194. The molecule has 1 saturated heterocycles. The molecule has 0 aromatic heterocycles. The first-order chi connectivity index (χ1) is 7.76. The minimum Gasteiger partial charge on any atom is -0.381 e. The van der Waals surface area contributed by atoms with E-state index in [4.69, 9.17) is 4.74 Å². The summed E-state index contributed by atoms with van der Waals surface area (Å²) in [4.78, 5) is 13.8. The highest BCUT2D eigenvalue weighted by molar-refractivity contribution is 5.60. The van der Waals surface area contributed by atoms with Gasteiger partial charge in [0.15, 0.2) is 0 Å². The van der Waals surface area contributed by atoms with Crippen LogP contribution in [0.1, 0.15) is 39.5 Å². The van der Waals surface area contributed by atoms with Gasteiger partial charge in [-0.3, -0.25) is 0 Å². The zero-order valence-electron chi connectivity index (χ0n) is 10.7. The van der Waals surface area contributed by atoms with Crippen molar-refractivity contribution >= 4 is 6.29 Å². The molecule has 94 valence electrons. The van der Waals surface area contributed by atoms with Crippen molar-refractivity contribution in [1.82, 2.24) is 4.90 Å². The van der Waals surface area contributed by atoms with E-state index in [1.54, 1.807) is 0 Å². The number of aldehydes is 1. The number of rotatable bonds is 7. The maximum Gasteiger partial charge on any atom is 0.127 e. The van der Waals surface area contributed by atoms with Gasteiger partial charge in [-0.05, 0) is 38.8 Å². The van der Waals surface area contributed by atoms with Gasteiger partial charge in [0.05, 0.1) is 0 Å². The van der Waals surface area contributed by atoms with Gasteiger partial charge in [0.2, 0.25) is 0 Å². The number of carbonyl (C=O) groups is 1. The Hall–Kier alpha value is -0.410. The fourth-order valence-corrected chi connectivity index (χ4v) is 2.44. The van der Waals surface area contributed by atoms with Gasteiger partial charge < -0.3 is 14.4 Å². The van der Waals surface area contributed by atoms with E-state index in [1.807, 2.05) is 0 Å². The van der Waals surface area contributed by atoms with Crippen molar-refractivity contribution in [1.29, 1.82) is 0 Å². The van der Waals surface area contributed by atoms with E-state index in [1.165, 1.54) is 6.29 Å². The third-order valence-electron chi connectivity index (χ3n) is 3.36. The molecule has 0 aromatic carbocycles. The molecular formula is C13H25NO2. The van der Waals surface area contributed by atoms with Crippen molar-refractivity contribution in [2.45, 2.75) is 39.5 Å². The fourth-order valence-electron chi connectivity index (χ4n) is 2.44. The van der Waals surface area contributed by atoms with Crippen molar-refractivity contribution in [3.05, 3.63) is 0 Å². The van der Waals surface area contributed by atoms with Crippen LogP contribution in [0.15, 0.2) is 0 Å². The molecule has 0 N–H and O–H groups in total. The Morgan fingerprint density at radius 1 is 1.19 bits per heavy atom. The van der Waals surface area contributed by atoms with Crippen LogP contribution in [0.2, 0.25) is 0 Å². The highest BCUT2D eigenvalue weighted by atomic mass is 16.5. The molecule has 0 bridgehead atoms. The van der Waals surface area contributed by atoms with Gasteiger partial charge in [-0.25, -0.2) is 0 Å². The monoisotopic (exact) mass is 227 g/mol. The number of hydrogen-bond donors (Lipinski definition) is 0. The predicted molar refractivity (Wildman–Crippen MR) is 65.6 cm³/mol.